The van der Waals surface area contributed by atoms with Crippen LogP contribution in [-0.2, 0) is 18.3 Å². The number of nitrogens with zero attached hydrogens (tertiary/aromatic N) is 2. The van der Waals surface area contributed by atoms with E-state index in [1.165, 1.54) is 10.6 Å². The molecule has 7 heteroatoms. The van der Waals surface area contributed by atoms with Crippen molar-refractivity contribution in [2.24, 2.45) is 0 Å². The lowest BCUT2D eigenvalue weighted by Gasteiger charge is -2.48. The lowest BCUT2D eigenvalue weighted by atomic mass is 9.82. The van der Waals surface area contributed by atoms with E-state index in [2.05, 4.69) is 10.2 Å². The predicted octanol–water partition coefficient (Wildman–Crippen LogP) is 2.45. The summed E-state index contributed by atoms with van der Waals surface area (Å²) in [5.41, 5.74) is 0.0936. The van der Waals surface area contributed by atoms with E-state index in [0.717, 1.165) is 31.6 Å². The molecule has 114 valence electrons. The summed E-state index contributed by atoms with van der Waals surface area (Å²) in [4.78, 5) is 2.23. The van der Waals surface area contributed by atoms with Crippen molar-refractivity contribution in [1.82, 2.24) is 14.8 Å². The maximum Gasteiger partial charge on any atom is 0.431 e. The van der Waals surface area contributed by atoms with Gasteiger partial charge in [-0.05, 0) is 45.1 Å². The molecule has 0 aromatic carbocycles. The van der Waals surface area contributed by atoms with Crippen LogP contribution >= 0.6 is 12.4 Å². The van der Waals surface area contributed by atoms with E-state index in [9.17, 15) is 13.2 Å². The third-order valence-electron chi connectivity index (χ3n) is 4.57. The van der Waals surface area contributed by atoms with Crippen LogP contribution in [0.5, 0.6) is 0 Å². The Balaban J connectivity index is 0.00000147. The Morgan fingerprint density at radius 1 is 1.15 bits per heavy atom. The first-order chi connectivity index (χ1) is 8.95. The minimum absolute atomic E-state index is 0. The van der Waals surface area contributed by atoms with Gasteiger partial charge in [0.1, 0.15) is 5.69 Å². The zero-order valence-electron chi connectivity index (χ0n) is 11.3. The SMILES string of the molecule is CN1CCn2c(C(F)(F)F)ccc2C12CCNCC2.Cl. The standard InChI is InChI=1S/C13H18F3N3.ClH/c1-18-8-9-19-10(2-3-11(19)13(14,15)16)12(18)4-6-17-7-5-12;/h2-3,17H,4-9H2,1H3;1H. The molecule has 3 heterocycles. The second-order valence-electron chi connectivity index (χ2n) is 5.46. The Bertz CT molecular complexity index is 478. The molecule has 20 heavy (non-hydrogen) atoms. The van der Waals surface area contributed by atoms with E-state index >= 15 is 0 Å². The van der Waals surface area contributed by atoms with E-state index < -0.39 is 11.9 Å². The third-order valence-corrected chi connectivity index (χ3v) is 4.57. The quantitative estimate of drug-likeness (QED) is 0.794. The molecular weight excluding hydrogens is 291 g/mol. The number of likely N-dealkylation sites (N-methyl/N-ethyl adjacent to an activating group) is 1. The number of fused-ring (bicyclic) bond motifs is 2. The summed E-state index contributed by atoms with van der Waals surface area (Å²) in [5.74, 6) is 0. The number of hydrogen-bond donors (Lipinski definition) is 1. The molecule has 1 spiro atoms. The fraction of sp³-hybridized carbons (Fsp3) is 0.692. The Hall–Kier alpha value is -0.720. The van der Waals surface area contributed by atoms with Crippen molar-refractivity contribution < 1.29 is 13.2 Å². The molecule has 2 aliphatic rings. The molecule has 2 aliphatic heterocycles. The van der Waals surface area contributed by atoms with E-state index in [0.29, 0.717) is 13.1 Å². The monoisotopic (exact) mass is 309 g/mol. The highest BCUT2D eigenvalue weighted by atomic mass is 35.5. The number of alkyl halides is 3. The fourth-order valence-corrected chi connectivity index (χ4v) is 3.50. The van der Waals surface area contributed by atoms with Gasteiger partial charge >= 0.3 is 6.18 Å². The van der Waals surface area contributed by atoms with Crippen molar-refractivity contribution in [3.63, 3.8) is 0 Å². The minimum Gasteiger partial charge on any atom is -0.338 e. The van der Waals surface area contributed by atoms with Gasteiger partial charge in [-0.1, -0.05) is 0 Å². The molecule has 0 bridgehead atoms. The van der Waals surface area contributed by atoms with E-state index in [1.807, 2.05) is 7.05 Å². The van der Waals surface area contributed by atoms with Crippen LogP contribution in [-0.4, -0.2) is 36.1 Å². The van der Waals surface area contributed by atoms with E-state index in [-0.39, 0.29) is 17.9 Å². The molecule has 0 saturated carbocycles. The average molecular weight is 310 g/mol. The van der Waals surface area contributed by atoms with Gasteiger partial charge in [0.15, 0.2) is 0 Å². The highest BCUT2D eigenvalue weighted by Crippen LogP contribution is 2.42. The van der Waals surface area contributed by atoms with Gasteiger partial charge < -0.3 is 9.88 Å². The van der Waals surface area contributed by atoms with Crippen molar-refractivity contribution in [1.29, 1.82) is 0 Å². The van der Waals surface area contributed by atoms with Gasteiger partial charge in [0.05, 0.1) is 5.54 Å². The molecule has 1 saturated heterocycles. The number of nitrogens with one attached hydrogen (secondary N) is 1. The number of hydrogen-bond acceptors (Lipinski definition) is 2. The first-order valence-corrected chi connectivity index (χ1v) is 6.64. The van der Waals surface area contributed by atoms with E-state index in [4.69, 9.17) is 0 Å². The summed E-state index contributed by atoms with van der Waals surface area (Å²) in [7, 11) is 2.02. The molecule has 0 atom stereocenters. The zero-order chi connectivity index (χ0) is 13.7. The zero-order valence-corrected chi connectivity index (χ0v) is 12.2. The highest BCUT2D eigenvalue weighted by Gasteiger charge is 2.45. The first-order valence-electron chi connectivity index (χ1n) is 6.64. The van der Waals surface area contributed by atoms with Crippen LogP contribution in [0, 0.1) is 0 Å². The molecule has 1 aromatic heterocycles. The van der Waals surface area contributed by atoms with Gasteiger partial charge in [0.25, 0.3) is 0 Å². The van der Waals surface area contributed by atoms with Crippen LogP contribution in [0.2, 0.25) is 0 Å². The van der Waals surface area contributed by atoms with Crippen LogP contribution in [0.1, 0.15) is 24.2 Å². The molecule has 0 unspecified atom stereocenters. The Labute approximate surface area is 122 Å². The summed E-state index contributed by atoms with van der Waals surface area (Å²) >= 11 is 0. The summed E-state index contributed by atoms with van der Waals surface area (Å²) < 4.78 is 40.5. The number of piperidine rings is 1. The van der Waals surface area contributed by atoms with Crippen LogP contribution in [0.3, 0.4) is 0 Å². The molecular formula is C13H19ClF3N3. The number of aromatic nitrogens is 1. The van der Waals surface area contributed by atoms with E-state index in [1.54, 1.807) is 6.07 Å². The minimum atomic E-state index is -4.26. The maximum atomic E-state index is 13.0. The van der Waals surface area contributed by atoms with Crippen LogP contribution in [0.15, 0.2) is 12.1 Å². The van der Waals surface area contributed by atoms with Gasteiger partial charge in [-0.15, -0.1) is 12.4 Å². The highest BCUT2D eigenvalue weighted by molar-refractivity contribution is 5.85. The predicted molar refractivity (Wildman–Crippen MR) is 73.1 cm³/mol. The molecule has 0 amide bonds. The second kappa shape index (κ2) is 5.24. The Kier molecular flexibility index (Phi) is 4.10. The third kappa shape index (κ3) is 2.23. The molecule has 3 rings (SSSR count). The van der Waals surface area contributed by atoms with Gasteiger partial charge in [0, 0.05) is 18.8 Å². The topological polar surface area (TPSA) is 20.2 Å². The summed E-state index contributed by atoms with van der Waals surface area (Å²) in [5, 5.41) is 3.29. The van der Waals surface area contributed by atoms with Gasteiger partial charge in [-0.2, -0.15) is 13.2 Å². The first kappa shape index (κ1) is 15.7. The van der Waals surface area contributed by atoms with Gasteiger partial charge in [-0.3, -0.25) is 4.90 Å². The lowest BCUT2D eigenvalue weighted by Crippen LogP contribution is -2.55. The number of halogens is 4. The molecule has 1 fully saturated rings. The maximum absolute atomic E-state index is 13.0. The normalized spacial score (nSPS) is 22.4. The van der Waals surface area contributed by atoms with Crippen molar-refractivity contribution >= 4 is 12.4 Å². The summed E-state index contributed by atoms with van der Waals surface area (Å²) in [6.07, 6.45) is -2.53. The smallest absolute Gasteiger partial charge is 0.338 e. The van der Waals surface area contributed by atoms with Crippen LogP contribution in [0.25, 0.3) is 0 Å². The molecule has 1 aromatic rings. The van der Waals surface area contributed by atoms with Crippen LogP contribution in [0.4, 0.5) is 13.2 Å². The number of rotatable bonds is 0. The van der Waals surface area contributed by atoms with Crippen molar-refractivity contribution in [3.05, 3.63) is 23.5 Å². The average Bonchev–Trinajstić information content (AvgIpc) is 2.80. The second-order valence-corrected chi connectivity index (χ2v) is 5.46. The van der Waals surface area contributed by atoms with Gasteiger partial charge in [-0.25, -0.2) is 0 Å². The van der Waals surface area contributed by atoms with Crippen LogP contribution < -0.4 is 5.32 Å². The molecule has 0 aliphatic carbocycles. The Morgan fingerprint density at radius 2 is 1.80 bits per heavy atom. The fourth-order valence-electron chi connectivity index (χ4n) is 3.50. The largest absolute Gasteiger partial charge is 0.431 e. The molecule has 3 nitrogen and oxygen atoms in total. The molecule has 1 N–H and O–H groups in total. The summed E-state index contributed by atoms with van der Waals surface area (Å²) in [6.45, 7) is 2.81. The van der Waals surface area contributed by atoms with Crippen molar-refractivity contribution in [2.75, 3.05) is 26.7 Å². The van der Waals surface area contributed by atoms with Crippen molar-refractivity contribution in [2.45, 2.75) is 31.1 Å². The lowest BCUT2D eigenvalue weighted by molar-refractivity contribution is -0.144. The summed E-state index contributed by atoms with van der Waals surface area (Å²) in [6, 6.07) is 2.90. The molecule has 0 radical (unpaired) electrons. The van der Waals surface area contributed by atoms with Crippen molar-refractivity contribution in [3.8, 4) is 0 Å². The Morgan fingerprint density at radius 3 is 2.40 bits per heavy atom. The van der Waals surface area contributed by atoms with Gasteiger partial charge in [0.2, 0.25) is 0 Å².